The van der Waals surface area contributed by atoms with E-state index in [1.807, 2.05) is 18.2 Å². The van der Waals surface area contributed by atoms with Gasteiger partial charge in [-0.2, -0.15) is 0 Å². The molecule has 3 rings (SSSR count). The van der Waals surface area contributed by atoms with Gasteiger partial charge in [0.2, 0.25) is 0 Å². The molecule has 1 saturated heterocycles. The molecule has 1 fully saturated rings. The summed E-state index contributed by atoms with van der Waals surface area (Å²) >= 11 is 1.55. The van der Waals surface area contributed by atoms with E-state index < -0.39 is 12.1 Å². The predicted octanol–water partition coefficient (Wildman–Crippen LogP) is 2.30. The van der Waals surface area contributed by atoms with Crippen molar-refractivity contribution < 1.29 is 19.4 Å². The number of nitrogens with zero attached hydrogens (tertiary/aromatic N) is 1. The Kier molecular flexibility index (Phi) is 4.03. The van der Waals surface area contributed by atoms with Crippen molar-refractivity contribution in [1.29, 1.82) is 0 Å². The first-order chi connectivity index (χ1) is 10.2. The molecular formula is C14H16N2O4S. The lowest BCUT2D eigenvalue weighted by atomic mass is 10.2. The fraction of sp³-hybridized carbons (Fsp3) is 0.429. The van der Waals surface area contributed by atoms with Gasteiger partial charge < -0.3 is 19.6 Å². The minimum atomic E-state index is -0.877. The fourth-order valence-corrected chi connectivity index (χ4v) is 3.28. The zero-order valence-electron chi connectivity index (χ0n) is 11.5. The number of carboxylic acids is 1. The van der Waals surface area contributed by atoms with Crippen LogP contribution in [0.25, 0.3) is 11.0 Å². The average molecular weight is 308 g/mol. The first kappa shape index (κ1) is 14.2. The zero-order chi connectivity index (χ0) is 14.8. The van der Waals surface area contributed by atoms with Crippen molar-refractivity contribution >= 4 is 28.8 Å². The maximum Gasteiger partial charge on any atom is 0.332 e. The summed E-state index contributed by atoms with van der Waals surface area (Å²) in [7, 11) is 1.63. The van der Waals surface area contributed by atoms with Gasteiger partial charge in [0, 0.05) is 11.8 Å². The van der Waals surface area contributed by atoms with E-state index in [-0.39, 0.29) is 6.10 Å². The number of carboxylic acid groups (broad SMARTS) is 1. The second-order valence-corrected chi connectivity index (χ2v) is 5.91. The Balaban J connectivity index is 1.62. The maximum atomic E-state index is 10.8. The summed E-state index contributed by atoms with van der Waals surface area (Å²) < 4.78 is 10.6. The van der Waals surface area contributed by atoms with Crippen LogP contribution in [0, 0.1) is 0 Å². The van der Waals surface area contributed by atoms with Gasteiger partial charge in [-0.05, 0) is 25.0 Å². The van der Waals surface area contributed by atoms with E-state index >= 15 is 0 Å². The van der Waals surface area contributed by atoms with Crippen molar-refractivity contribution in [2.45, 2.75) is 30.2 Å². The average Bonchev–Trinajstić information content (AvgIpc) is 3.10. The molecule has 21 heavy (non-hydrogen) atoms. The minimum absolute atomic E-state index is 0.0288. The van der Waals surface area contributed by atoms with Crippen molar-refractivity contribution in [1.82, 2.24) is 9.97 Å². The summed E-state index contributed by atoms with van der Waals surface area (Å²) in [6.45, 7) is 0. The van der Waals surface area contributed by atoms with Crippen molar-refractivity contribution in [2.75, 3.05) is 12.9 Å². The summed E-state index contributed by atoms with van der Waals surface area (Å²) in [4.78, 5) is 18.5. The second kappa shape index (κ2) is 5.95. The molecule has 6 nitrogen and oxygen atoms in total. The standard InChI is InChI=1S/C14H16N2O4S/c1-19-8-2-4-10-11(6-8)16-14(15-10)21-7-9-3-5-12(20-9)13(17)18/h2,4,6,9,12H,3,5,7H2,1H3,(H,15,16)(H,17,18). The van der Waals surface area contributed by atoms with Gasteiger partial charge >= 0.3 is 5.97 Å². The van der Waals surface area contributed by atoms with Crippen LogP contribution in [0.15, 0.2) is 23.4 Å². The van der Waals surface area contributed by atoms with Crippen LogP contribution in [0.1, 0.15) is 12.8 Å². The number of aromatic amines is 1. The number of aromatic nitrogens is 2. The molecule has 0 aliphatic carbocycles. The number of nitrogens with one attached hydrogen (secondary N) is 1. The number of aliphatic carboxylic acids is 1. The van der Waals surface area contributed by atoms with E-state index in [9.17, 15) is 4.79 Å². The van der Waals surface area contributed by atoms with Gasteiger partial charge in [0.1, 0.15) is 5.75 Å². The molecule has 2 aromatic rings. The third kappa shape index (κ3) is 3.14. The summed E-state index contributed by atoms with van der Waals surface area (Å²) in [5.74, 6) is 0.602. The van der Waals surface area contributed by atoms with Gasteiger partial charge in [-0.1, -0.05) is 11.8 Å². The Bertz CT molecular complexity index is 657. The zero-order valence-corrected chi connectivity index (χ0v) is 12.4. The summed E-state index contributed by atoms with van der Waals surface area (Å²) in [5.41, 5.74) is 1.81. The number of ether oxygens (including phenoxy) is 2. The van der Waals surface area contributed by atoms with Crippen LogP contribution in [0.4, 0.5) is 0 Å². The third-order valence-electron chi connectivity index (χ3n) is 3.46. The molecule has 1 aromatic carbocycles. The molecule has 0 radical (unpaired) electrons. The number of fused-ring (bicyclic) bond motifs is 1. The van der Waals surface area contributed by atoms with Gasteiger partial charge in [0.25, 0.3) is 0 Å². The number of benzene rings is 1. The Morgan fingerprint density at radius 1 is 1.57 bits per heavy atom. The molecular weight excluding hydrogens is 292 g/mol. The van der Waals surface area contributed by atoms with Gasteiger partial charge in [0.15, 0.2) is 11.3 Å². The van der Waals surface area contributed by atoms with Crippen LogP contribution in [-0.2, 0) is 9.53 Å². The Morgan fingerprint density at radius 2 is 2.43 bits per heavy atom. The quantitative estimate of drug-likeness (QED) is 0.825. The summed E-state index contributed by atoms with van der Waals surface area (Å²) in [5, 5.41) is 9.70. The Morgan fingerprint density at radius 3 is 3.14 bits per heavy atom. The van der Waals surface area contributed by atoms with Crippen LogP contribution >= 0.6 is 11.8 Å². The number of imidazole rings is 1. The number of thioether (sulfide) groups is 1. The SMILES string of the molecule is COc1ccc2nc(SCC3CCC(C(=O)O)O3)[nH]c2c1. The molecule has 0 bridgehead atoms. The first-order valence-electron chi connectivity index (χ1n) is 6.70. The fourth-order valence-electron chi connectivity index (χ4n) is 2.34. The molecule has 7 heteroatoms. The van der Waals surface area contributed by atoms with Crippen molar-refractivity contribution in [2.24, 2.45) is 0 Å². The Hall–Kier alpha value is -1.73. The molecule has 112 valence electrons. The largest absolute Gasteiger partial charge is 0.497 e. The minimum Gasteiger partial charge on any atom is -0.497 e. The molecule has 2 unspecified atom stereocenters. The van der Waals surface area contributed by atoms with E-state index in [1.165, 1.54) is 0 Å². The third-order valence-corrected chi connectivity index (χ3v) is 4.46. The van der Waals surface area contributed by atoms with Crippen molar-refractivity contribution in [3.63, 3.8) is 0 Å². The summed E-state index contributed by atoms with van der Waals surface area (Å²) in [6, 6.07) is 5.68. The second-order valence-electron chi connectivity index (χ2n) is 4.90. The molecule has 2 heterocycles. The normalized spacial score (nSPS) is 21.8. The van der Waals surface area contributed by atoms with Crippen LogP contribution in [0.3, 0.4) is 0 Å². The van der Waals surface area contributed by atoms with E-state index in [1.54, 1.807) is 18.9 Å². The number of methoxy groups -OCH3 is 1. The highest BCUT2D eigenvalue weighted by atomic mass is 32.2. The smallest absolute Gasteiger partial charge is 0.332 e. The van der Waals surface area contributed by atoms with Crippen LogP contribution in [0.2, 0.25) is 0 Å². The topological polar surface area (TPSA) is 84.4 Å². The highest BCUT2D eigenvalue weighted by molar-refractivity contribution is 7.99. The monoisotopic (exact) mass is 308 g/mol. The highest BCUT2D eigenvalue weighted by Gasteiger charge is 2.30. The van der Waals surface area contributed by atoms with Gasteiger partial charge in [-0.3, -0.25) is 0 Å². The van der Waals surface area contributed by atoms with Crippen molar-refractivity contribution in [3.8, 4) is 5.75 Å². The van der Waals surface area contributed by atoms with E-state index in [0.717, 1.165) is 28.4 Å². The molecule has 0 spiro atoms. The van der Waals surface area contributed by atoms with Crippen LogP contribution < -0.4 is 4.74 Å². The molecule has 0 amide bonds. The maximum absolute atomic E-state index is 10.8. The number of hydrogen-bond donors (Lipinski definition) is 2. The molecule has 1 aliphatic rings. The van der Waals surface area contributed by atoms with Crippen LogP contribution in [0.5, 0.6) is 5.75 Å². The summed E-state index contributed by atoms with van der Waals surface area (Å²) in [6.07, 6.45) is 0.671. The highest BCUT2D eigenvalue weighted by Crippen LogP contribution is 2.27. The van der Waals surface area contributed by atoms with Gasteiger partial charge in [0.05, 0.1) is 24.2 Å². The van der Waals surface area contributed by atoms with Crippen molar-refractivity contribution in [3.05, 3.63) is 18.2 Å². The van der Waals surface area contributed by atoms with E-state index in [2.05, 4.69) is 9.97 Å². The lowest BCUT2D eigenvalue weighted by Gasteiger charge is -2.09. The predicted molar refractivity (Wildman–Crippen MR) is 78.9 cm³/mol. The van der Waals surface area contributed by atoms with Gasteiger partial charge in [-0.25, -0.2) is 9.78 Å². The lowest BCUT2D eigenvalue weighted by Crippen LogP contribution is -2.21. The molecule has 1 aliphatic heterocycles. The van der Waals surface area contributed by atoms with E-state index in [0.29, 0.717) is 12.2 Å². The first-order valence-corrected chi connectivity index (χ1v) is 7.69. The lowest BCUT2D eigenvalue weighted by molar-refractivity contribution is -0.148. The van der Waals surface area contributed by atoms with Crippen LogP contribution in [-0.4, -0.2) is 46.1 Å². The number of carbonyl (C=O) groups is 1. The van der Waals surface area contributed by atoms with Gasteiger partial charge in [-0.15, -0.1) is 0 Å². The van der Waals surface area contributed by atoms with E-state index in [4.69, 9.17) is 14.6 Å². The molecule has 2 atom stereocenters. The number of rotatable bonds is 5. The molecule has 1 aromatic heterocycles. The molecule has 0 saturated carbocycles. The molecule has 2 N–H and O–H groups in total. The number of H-pyrrole nitrogens is 1. The number of hydrogen-bond acceptors (Lipinski definition) is 5. The Labute approximate surface area is 125 Å².